The van der Waals surface area contributed by atoms with Gasteiger partial charge in [0, 0.05) is 18.1 Å². The molecule has 100 valence electrons. The predicted molar refractivity (Wildman–Crippen MR) is 77.5 cm³/mol. The molecule has 4 nitrogen and oxygen atoms in total. The van der Waals surface area contributed by atoms with Crippen LogP contribution in [0.3, 0.4) is 0 Å². The average Bonchev–Trinajstić information content (AvgIpc) is 2.27. The Bertz CT molecular complexity index is 421. The van der Waals surface area contributed by atoms with E-state index >= 15 is 0 Å². The van der Waals surface area contributed by atoms with Gasteiger partial charge >= 0.3 is 5.97 Å². The van der Waals surface area contributed by atoms with Crippen LogP contribution in [0.1, 0.15) is 16.8 Å². The normalized spacial score (nSPS) is 10.7. The first-order valence-corrected chi connectivity index (χ1v) is 6.60. The third-order valence-corrected chi connectivity index (χ3v) is 3.19. The fourth-order valence-corrected chi connectivity index (χ4v) is 2.10. The van der Waals surface area contributed by atoms with E-state index in [1.807, 2.05) is 32.1 Å². The fraction of sp³-hybridized carbons (Fsp3) is 0.462. The number of halogens is 1. The van der Waals surface area contributed by atoms with Crippen molar-refractivity contribution >= 4 is 27.6 Å². The van der Waals surface area contributed by atoms with Gasteiger partial charge in [0.1, 0.15) is 0 Å². The summed E-state index contributed by atoms with van der Waals surface area (Å²) in [6.07, 6.45) is 0.995. The zero-order valence-electron chi connectivity index (χ0n) is 11.0. The smallest absolute Gasteiger partial charge is 0.337 e. The predicted octanol–water partition coefficient (Wildman–Crippen LogP) is 2.54. The molecule has 0 aliphatic rings. The van der Waals surface area contributed by atoms with Gasteiger partial charge in [-0.05, 0) is 45.3 Å². The Morgan fingerprint density at radius 3 is 2.50 bits per heavy atom. The second-order valence-electron chi connectivity index (χ2n) is 4.55. The number of carbonyl (C=O) groups is 1. The molecule has 0 aliphatic carbocycles. The molecular weight excluding hydrogens is 296 g/mol. The molecule has 0 fully saturated rings. The second kappa shape index (κ2) is 6.75. The Kier molecular flexibility index (Phi) is 5.62. The highest BCUT2D eigenvalue weighted by Gasteiger charge is 2.13. The number of hydrogen-bond donors (Lipinski definition) is 1. The maximum atomic E-state index is 11.2. The van der Waals surface area contributed by atoms with E-state index in [2.05, 4.69) is 20.8 Å². The lowest BCUT2D eigenvalue weighted by Gasteiger charge is -2.22. The Morgan fingerprint density at radius 1 is 1.28 bits per heavy atom. The van der Waals surface area contributed by atoms with Crippen molar-refractivity contribution in [3.05, 3.63) is 28.2 Å². The van der Waals surface area contributed by atoms with Crippen LogP contribution in [0.25, 0.3) is 0 Å². The van der Waals surface area contributed by atoms with E-state index in [9.17, 15) is 4.79 Å². The maximum absolute atomic E-state index is 11.2. The summed E-state index contributed by atoms with van der Waals surface area (Å²) in [5.41, 5.74) is 1.08. The first-order valence-electron chi connectivity index (χ1n) is 5.80. The maximum Gasteiger partial charge on any atom is 0.337 e. The molecular formula is C13H19BrN2O2. The van der Waals surface area contributed by atoms with Crippen molar-refractivity contribution in [2.24, 2.45) is 0 Å². The summed E-state index contributed by atoms with van der Waals surface area (Å²) in [6.45, 7) is 1.82. The van der Waals surface area contributed by atoms with E-state index < -0.39 is 5.97 Å². The number of aromatic carboxylic acids is 1. The minimum atomic E-state index is -0.892. The lowest BCUT2D eigenvalue weighted by molar-refractivity contribution is 0.0697. The standard InChI is InChI=1S/C13H19BrN2O2/c1-15(2)7-4-8-16(3)12-9-10(14)5-6-11(12)13(17)18/h5-6,9H,4,7-8H2,1-3H3,(H,17,18). The number of nitrogens with zero attached hydrogens (tertiary/aromatic N) is 2. The van der Waals surface area contributed by atoms with Gasteiger partial charge in [-0.1, -0.05) is 15.9 Å². The SMILES string of the molecule is CN(C)CCCN(C)c1cc(Br)ccc1C(=O)O. The van der Waals surface area contributed by atoms with Gasteiger partial charge in [0.05, 0.1) is 11.3 Å². The molecule has 0 radical (unpaired) electrons. The first kappa shape index (κ1) is 15.0. The summed E-state index contributed by atoms with van der Waals surface area (Å²) in [7, 11) is 5.98. The molecule has 18 heavy (non-hydrogen) atoms. The van der Waals surface area contributed by atoms with Crippen LogP contribution in [0.15, 0.2) is 22.7 Å². The van der Waals surface area contributed by atoms with Gasteiger partial charge in [0.25, 0.3) is 0 Å². The van der Waals surface area contributed by atoms with E-state index in [0.717, 1.165) is 29.7 Å². The van der Waals surface area contributed by atoms with Crippen molar-refractivity contribution in [3.63, 3.8) is 0 Å². The molecule has 0 atom stereocenters. The Hall–Kier alpha value is -1.07. The van der Waals surface area contributed by atoms with Crippen molar-refractivity contribution in [1.29, 1.82) is 0 Å². The topological polar surface area (TPSA) is 43.8 Å². The zero-order chi connectivity index (χ0) is 13.7. The van der Waals surface area contributed by atoms with Crippen LogP contribution in [0.2, 0.25) is 0 Å². The molecule has 1 aromatic carbocycles. The number of hydrogen-bond acceptors (Lipinski definition) is 3. The highest BCUT2D eigenvalue weighted by molar-refractivity contribution is 9.10. The summed E-state index contributed by atoms with van der Waals surface area (Å²) >= 11 is 3.38. The van der Waals surface area contributed by atoms with Crippen molar-refractivity contribution in [3.8, 4) is 0 Å². The van der Waals surface area contributed by atoms with Gasteiger partial charge in [-0.3, -0.25) is 0 Å². The molecule has 1 N–H and O–H groups in total. The minimum Gasteiger partial charge on any atom is -0.478 e. The van der Waals surface area contributed by atoms with Crippen molar-refractivity contribution < 1.29 is 9.90 Å². The Balaban J connectivity index is 2.80. The van der Waals surface area contributed by atoms with Gasteiger partial charge in [0.15, 0.2) is 0 Å². The van der Waals surface area contributed by atoms with Crippen LogP contribution in [0.4, 0.5) is 5.69 Å². The number of anilines is 1. The van der Waals surface area contributed by atoms with Crippen LogP contribution in [0, 0.1) is 0 Å². The zero-order valence-corrected chi connectivity index (χ0v) is 12.6. The third kappa shape index (κ3) is 4.31. The summed E-state index contributed by atoms with van der Waals surface area (Å²) in [5.74, 6) is -0.892. The van der Waals surface area contributed by atoms with E-state index in [1.54, 1.807) is 12.1 Å². The lowest BCUT2D eigenvalue weighted by atomic mass is 10.1. The molecule has 5 heteroatoms. The molecule has 1 rings (SSSR count). The quantitative estimate of drug-likeness (QED) is 0.876. The molecule has 0 amide bonds. The summed E-state index contributed by atoms with van der Waals surface area (Å²) in [5, 5.41) is 9.17. The fourth-order valence-electron chi connectivity index (χ4n) is 1.75. The Morgan fingerprint density at radius 2 is 1.94 bits per heavy atom. The number of carboxylic acids is 1. The highest BCUT2D eigenvalue weighted by Crippen LogP contribution is 2.24. The van der Waals surface area contributed by atoms with Crippen LogP contribution in [-0.4, -0.2) is 50.2 Å². The third-order valence-electron chi connectivity index (χ3n) is 2.70. The molecule has 0 aliphatic heterocycles. The second-order valence-corrected chi connectivity index (χ2v) is 5.46. The number of carboxylic acid groups (broad SMARTS) is 1. The molecule has 0 heterocycles. The van der Waals surface area contributed by atoms with E-state index in [1.165, 1.54) is 0 Å². The number of rotatable bonds is 6. The molecule has 0 aromatic heterocycles. The lowest BCUT2D eigenvalue weighted by Crippen LogP contribution is -2.24. The molecule has 0 saturated heterocycles. The van der Waals surface area contributed by atoms with E-state index in [-0.39, 0.29) is 0 Å². The number of benzene rings is 1. The van der Waals surface area contributed by atoms with Crippen molar-refractivity contribution in [1.82, 2.24) is 4.90 Å². The van der Waals surface area contributed by atoms with Gasteiger partial charge in [-0.25, -0.2) is 4.79 Å². The minimum absolute atomic E-state index is 0.338. The summed E-state index contributed by atoms with van der Waals surface area (Å²) < 4.78 is 0.891. The van der Waals surface area contributed by atoms with Crippen molar-refractivity contribution in [2.45, 2.75) is 6.42 Å². The van der Waals surface area contributed by atoms with Crippen LogP contribution in [-0.2, 0) is 0 Å². The van der Waals surface area contributed by atoms with E-state index in [0.29, 0.717) is 5.56 Å². The van der Waals surface area contributed by atoms with Crippen LogP contribution in [0.5, 0.6) is 0 Å². The van der Waals surface area contributed by atoms with Crippen LogP contribution < -0.4 is 4.90 Å². The average molecular weight is 315 g/mol. The summed E-state index contributed by atoms with van der Waals surface area (Å²) in [6, 6.07) is 5.23. The van der Waals surface area contributed by atoms with Gasteiger partial charge in [0.2, 0.25) is 0 Å². The monoisotopic (exact) mass is 314 g/mol. The van der Waals surface area contributed by atoms with Crippen LogP contribution >= 0.6 is 15.9 Å². The molecule has 1 aromatic rings. The first-order chi connectivity index (χ1) is 8.41. The largest absolute Gasteiger partial charge is 0.478 e. The molecule has 0 spiro atoms. The van der Waals surface area contributed by atoms with Crippen molar-refractivity contribution in [2.75, 3.05) is 39.1 Å². The Labute approximate surface area is 116 Å². The summed E-state index contributed by atoms with van der Waals surface area (Å²) in [4.78, 5) is 15.3. The molecule has 0 bridgehead atoms. The van der Waals surface area contributed by atoms with E-state index in [4.69, 9.17) is 5.11 Å². The van der Waals surface area contributed by atoms with Gasteiger partial charge in [-0.2, -0.15) is 0 Å². The molecule has 0 saturated carbocycles. The molecule has 0 unspecified atom stereocenters. The van der Waals surface area contributed by atoms with Gasteiger partial charge in [-0.15, -0.1) is 0 Å². The highest BCUT2D eigenvalue weighted by atomic mass is 79.9. The van der Waals surface area contributed by atoms with Gasteiger partial charge < -0.3 is 14.9 Å².